The van der Waals surface area contributed by atoms with E-state index in [1.54, 1.807) is 0 Å². The molecule has 1 fully saturated rings. The van der Waals surface area contributed by atoms with Gasteiger partial charge in [-0.15, -0.1) is 0 Å². The highest BCUT2D eigenvalue weighted by Gasteiger charge is 2.20. The predicted octanol–water partition coefficient (Wildman–Crippen LogP) is 0.692. The van der Waals surface area contributed by atoms with Crippen LogP contribution in [0.1, 0.15) is 32.1 Å². The van der Waals surface area contributed by atoms with Crippen LogP contribution in [0.15, 0.2) is 0 Å². The van der Waals surface area contributed by atoms with E-state index >= 15 is 0 Å². The van der Waals surface area contributed by atoms with E-state index in [9.17, 15) is 4.79 Å². The molecule has 4 nitrogen and oxygen atoms in total. The van der Waals surface area contributed by atoms with Crippen LogP contribution in [0.25, 0.3) is 0 Å². The zero-order valence-electron chi connectivity index (χ0n) is 9.21. The van der Waals surface area contributed by atoms with Gasteiger partial charge in [-0.05, 0) is 32.1 Å². The van der Waals surface area contributed by atoms with Crippen molar-refractivity contribution in [2.45, 2.75) is 32.1 Å². The van der Waals surface area contributed by atoms with E-state index in [1.165, 1.54) is 0 Å². The maximum absolute atomic E-state index is 11.6. The first-order valence-electron chi connectivity index (χ1n) is 5.81. The van der Waals surface area contributed by atoms with Crippen molar-refractivity contribution in [2.75, 3.05) is 26.4 Å². The third-order valence-electron chi connectivity index (χ3n) is 2.73. The number of carbonyl (C=O) groups excluding carboxylic acids is 1. The Bertz CT molecular complexity index is 179. The Morgan fingerprint density at radius 1 is 1.27 bits per heavy atom. The Morgan fingerprint density at radius 3 is 2.67 bits per heavy atom. The molecule has 2 N–H and O–H groups in total. The number of hydrogen-bond acceptors (Lipinski definition) is 3. The minimum absolute atomic E-state index is 0.150. The second-order valence-electron chi connectivity index (χ2n) is 3.96. The molecule has 0 aromatic rings. The first kappa shape index (κ1) is 12.5. The van der Waals surface area contributed by atoms with Gasteiger partial charge in [0.05, 0.1) is 0 Å². The number of hydrogen-bond donors (Lipinski definition) is 2. The highest BCUT2D eigenvalue weighted by Crippen LogP contribution is 2.14. The van der Waals surface area contributed by atoms with Crippen LogP contribution in [0.3, 0.4) is 0 Å². The maximum atomic E-state index is 11.6. The Kier molecular flexibility index (Phi) is 6.36. The molecule has 0 saturated carbocycles. The summed E-state index contributed by atoms with van der Waals surface area (Å²) in [4.78, 5) is 11.6. The molecule has 1 amide bonds. The number of rotatable bonds is 6. The van der Waals surface area contributed by atoms with E-state index in [4.69, 9.17) is 9.84 Å². The summed E-state index contributed by atoms with van der Waals surface area (Å²) in [5.74, 6) is 0.318. The fraction of sp³-hybridized carbons (Fsp3) is 0.909. The summed E-state index contributed by atoms with van der Waals surface area (Å²) in [6.07, 6.45) is 4.46. The molecule has 0 aromatic carbocycles. The summed E-state index contributed by atoms with van der Waals surface area (Å²) >= 11 is 0. The van der Waals surface area contributed by atoms with Crippen molar-refractivity contribution in [3.05, 3.63) is 0 Å². The van der Waals surface area contributed by atoms with Crippen LogP contribution in [0.2, 0.25) is 0 Å². The summed E-state index contributed by atoms with van der Waals surface area (Å²) in [7, 11) is 0. The lowest BCUT2D eigenvalue weighted by Crippen LogP contribution is -2.34. The highest BCUT2D eigenvalue weighted by molar-refractivity contribution is 5.78. The average molecular weight is 215 g/mol. The van der Waals surface area contributed by atoms with E-state index in [0.29, 0.717) is 13.2 Å². The molecule has 0 bridgehead atoms. The van der Waals surface area contributed by atoms with Gasteiger partial charge in [0, 0.05) is 32.3 Å². The van der Waals surface area contributed by atoms with Crippen LogP contribution in [0.4, 0.5) is 0 Å². The minimum Gasteiger partial charge on any atom is -0.396 e. The van der Waals surface area contributed by atoms with Gasteiger partial charge < -0.3 is 15.2 Å². The third kappa shape index (κ3) is 5.14. The van der Waals surface area contributed by atoms with Crippen LogP contribution >= 0.6 is 0 Å². The highest BCUT2D eigenvalue weighted by atomic mass is 16.5. The smallest absolute Gasteiger partial charge is 0.223 e. The van der Waals surface area contributed by atoms with E-state index in [0.717, 1.165) is 38.6 Å². The molecule has 0 spiro atoms. The van der Waals surface area contributed by atoms with Gasteiger partial charge in [-0.1, -0.05) is 0 Å². The molecular formula is C11H21NO3. The van der Waals surface area contributed by atoms with Crippen LogP contribution in [-0.2, 0) is 9.53 Å². The van der Waals surface area contributed by atoms with Crippen LogP contribution in [-0.4, -0.2) is 37.4 Å². The molecule has 1 aliphatic rings. The third-order valence-corrected chi connectivity index (χ3v) is 2.73. The lowest BCUT2D eigenvalue weighted by molar-refractivity contribution is -0.127. The molecule has 15 heavy (non-hydrogen) atoms. The molecule has 1 aliphatic heterocycles. The molecule has 0 unspecified atom stereocenters. The van der Waals surface area contributed by atoms with Crippen molar-refractivity contribution < 1.29 is 14.6 Å². The number of aliphatic hydroxyl groups is 1. The second-order valence-corrected chi connectivity index (χ2v) is 3.96. The molecule has 1 heterocycles. The van der Waals surface area contributed by atoms with Crippen molar-refractivity contribution in [2.24, 2.45) is 5.92 Å². The monoisotopic (exact) mass is 215 g/mol. The quantitative estimate of drug-likeness (QED) is 0.641. The van der Waals surface area contributed by atoms with Gasteiger partial charge in [0.25, 0.3) is 0 Å². The fourth-order valence-corrected chi connectivity index (χ4v) is 1.73. The molecule has 1 saturated heterocycles. The molecule has 0 aromatic heterocycles. The van der Waals surface area contributed by atoms with Gasteiger partial charge in [-0.25, -0.2) is 0 Å². The van der Waals surface area contributed by atoms with Crippen molar-refractivity contribution >= 4 is 5.91 Å². The number of unbranched alkanes of at least 4 members (excludes halogenated alkanes) is 2. The summed E-state index contributed by atoms with van der Waals surface area (Å²) in [6.45, 7) is 2.40. The number of ether oxygens (including phenoxy) is 1. The van der Waals surface area contributed by atoms with E-state index in [2.05, 4.69) is 5.32 Å². The Labute approximate surface area is 91.0 Å². The minimum atomic E-state index is 0.150. The van der Waals surface area contributed by atoms with Crippen molar-refractivity contribution in [1.29, 1.82) is 0 Å². The molecule has 1 rings (SSSR count). The fourth-order valence-electron chi connectivity index (χ4n) is 1.73. The van der Waals surface area contributed by atoms with E-state index in [-0.39, 0.29) is 18.4 Å². The summed E-state index contributed by atoms with van der Waals surface area (Å²) < 4.78 is 5.20. The number of carbonyl (C=O) groups is 1. The van der Waals surface area contributed by atoms with Crippen molar-refractivity contribution in [3.63, 3.8) is 0 Å². The first-order chi connectivity index (χ1) is 7.34. The normalized spacial score (nSPS) is 17.7. The van der Waals surface area contributed by atoms with Gasteiger partial charge in [0.2, 0.25) is 5.91 Å². The van der Waals surface area contributed by atoms with Crippen LogP contribution < -0.4 is 5.32 Å². The molecule has 4 heteroatoms. The molecule has 0 radical (unpaired) electrons. The summed E-state index contributed by atoms with van der Waals surface area (Å²) in [6, 6.07) is 0. The predicted molar refractivity (Wildman–Crippen MR) is 57.5 cm³/mol. The summed E-state index contributed by atoms with van der Waals surface area (Å²) in [5.41, 5.74) is 0. The Balaban J connectivity index is 2.02. The van der Waals surface area contributed by atoms with Gasteiger partial charge >= 0.3 is 0 Å². The Morgan fingerprint density at radius 2 is 2.00 bits per heavy atom. The SMILES string of the molecule is O=C(NCCCCCO)C1CCOCC1. The molecule has 0 aliphatic carbocycles. The van der Waals surface area contributed by atoms with Crippen LogP contribution in [0.5, 0.6) is 0 Å². The largest absolute Gasteiger partial charge is 0.396 e. The maximum Gasteiger partial charge on any atom is 0.223 e. The lowest BCUT2D eigenvalue weighted by Gasteiger charge is -2.21. The van der Waals surface area contributed by atoms with Gasteiger partial charge in [0.1, 0.15) is 0 Å². The first-order valence-corrected chi connectivity index (χ1v) is 5.81. The molecular weight excluding hydrogens is 194 g/mol. The summed E-state index contributed by atoms with van der Waals surface area (Å²) in [5, 5.41) is 11.5. The van der Waals surface area contributed by atoms with Crippen molar-refractivity contribution in [3.8, 4) is 0 Å². The zero-order chi connectivity index (χ0) is 10.9. The average Bonchev–Trinajstić information content (AvgIpc) is 2.30. The molecule has 0 atom stereocenters. The van der Waals surface area contributed by atoms with Gasteiger partial charge in [0.15, 0.2) is 0 Å². The van der Waals surface area contributed by atoms with E-state index < -0.39 is 0 Å². The Hall–Kier alpha value is -0.610. The second kappa shape index (κ2) is 7.65. The van der Waals surface area contributed by atoms with Gasteiger partial charge in [-0.3, -0.25) is 4.79 Å². The number of nitrogens with one attached hydrogen (secondary N) is 1. The van der Waals surface area contributed by atoms with Crippen LogP contribution in [0, 0.1) is 5.92 Å². The lowest BCUT2D eigenvalue weighted by atomic mass is 9.99. The van der Waals surface area contributed by atoms with Crippen molar-refractivity contribution in [1.82, 2.24) is 5.32 Å². The van der Waals surface area contributed by atoms with E-state index in [1.807, 2.05) is 0 Å². The molecule has 88 valence electrons. The number of aliphatic hydroxyl groups excluding tert-OH is 1. The number of amides is 1. The van der Waals surface area contributed by atoms with Gasteiger partial charge in [-0.2, -0.15) is 0 Å². The zero-order valence-corrected chi connectivity index (χ0v) is 9.21. The standard InChI is InChI=1S/C11H21NO3/c13-7-3-1-2-6-12-11(14)10-4-8-15-9-5-10/h10,13H,1-9H2,(H,12,14). The topological polar surface area (TPSA) is 58.6 Å².